The molecule has 0 spiro atoms. The number of ether oxygens (including phenoxy) is 1. The second-order valence-electron chi connectivity index (χ2n) is 4.92. The van der Waals surface area contributed by atoms with Gasteiger partial charge in [-0.05, 0) is 42.3 Å². The van der Waals surface area contributed by atoms with Gasteiger partial charge in [-0.25, -0.2) is 0 Å². The largest absolute Gasteiger partial charge is 0.484 e. The minimum Gasteiger partial charge on any atom is -0.484 e. The van der Waals surface area contributed by atoms with E-state index in [0.717, 1.165) is 12.0 Å². The number of carbonyl (C=O) groups is 2. The van der Waals surface area contributed by atoms with Gasteiger partial charge in [0, 0.05) is 5.02 Å². The third-order valence-electron chi connectivity index (χ3n) is 3.17. The van der Waals surface area contributed by atoms with E-state index in [1.807, 2.05) is 25.1 Å². The molecular formula is C17H16Cl2N2O3. The zero-order valence-corrected chi connectivity index (χ0v) is 14.4. The maximum atomic E-state index is 12.0. The van der Waals surface area contributed by atoms with E-state index in [2.05, 4.69) is 10.9 Å². The summed E-state index contributed by atoms with van der Waals surface area (Å²) in [4.78, 5) is 23.7. The summed E-state index contributed by atoms with van der Waals surface area (Å²) >= 11 is 11.7. The molecule has 0 radical (unpaired) electrons. The van der Waals surface area contributed by atoms with Crippen molar-refractivity contribution in [2.75, 3.05) is 6.61 Å². The van der Waals surface area contributed by atoms with Gasteiger partial charge >= 0.3 is 0 Å². The van der Waals surface area contributed by atoms with E-state index in [1.54, 1.807) is 12.1 Å². The Labute approximate surface area is 149 Å². The molecule has 0 saturated carbocycles. The zero-order valence-electron chi connectivity index (χ0n) is 12.9. The fourth-order valence-corrected chi connectivity index (χ4v) is 2.28. The highest BCUT2D eigenvalue weighted by Gasteiger charge is 2.12. The lowest BCUT2D eigenvalue weighted by atomic mass is 10.2. The van der Waals surface area contributed by atoms with E-state index < -0.39 is 11.8 Å². The van der Waals surface area contributed by atoms with Crippen molar-refractivity contribution >= 4 is 35.0 Å². The van der Waals surface area contributed by atoms with Gasteiger partial charge in [0.25, 0.3) is 11.8 Å². The number of rotatable bonds is 5. The van der Waals surface area contributed by atoms with Crippen LogP contribution < -0.4 is 15.6 Å². The molecule has 0 fully saturated rings. The monoisotopic (exact) mass is 366 g/mol. The molecule has 2 aromatic rings. The van der Waals surface area contributed by atoms with Crippen LogP contribution in [-0.2, 0) is 11.2 Å². The number of nitrogens with one attached hydrogen (secondary N) is 2. The van der Waals surface area contributed by atoms with E-state index in [4.69, 9.17) is 27.9 Å². The molecule has 5 nitrogen and oxygen atoms in total. The lowest BCUT2D eigenvalue weighted by molar-refractivity contribution is -0.123. The Morgan fingerprint density at radius 1 is 1.08 bits per heavy atom. The second-order valence-corrected chi connectivity index (χ2v) is 5.76. The van der Waals surface area contributed by atoms with E-state index >= 15 is 0 Å². The number of halogens is 2. The Morgan fingerprint density at radius 2 is 1.88 bits per heavy atom. The Kier molecular flexibility index (Phi) is 6.46. The average Bonchev–Trinajstić information content (AvgIpc) is 2.60. The van der Waals surface area contributed by atoms with E-state index in [0.29, 0.717) is 10.8 Å². The third kappa shape index (κ3) is 5.15. The van der Waals surface area contributed by atoms with Crippen molar-refractivity contribution in [3.8, 4) is 5.75 Å². The van der Waals surface area contributed by atoms with Crippen molar-refractivity contribution in [2.24, 2.45) is 0 Å². The van der Waals surface area contributed by atoms with Gasteiger partial charge in [0.15, 0.2) is 6.61 Å². The number of hydrogen-bond donors (Lipinski definition) is 2. The van der Waals surface area contributed by atoms with Crippen molar-refractivity contribution in [3.63, 3.8) is 0 Å². The zero-order chi connectivity index (χ0) is 17.5. The van der Waals surface area contributed by atoms with Crippen LogP contribution in [0, 0.1) is 0 Å². The molecule has 0 atom stereocenters. The molecule has 126 valence electrons. The highest BCUT2D eigenvalue weighted by molar-refractivity contribution is 6.35. The Hall–Kier alpha value is -2.24. The fraction of sp³-hybridized carbons (Fsp3) is 0.176. The molecule has 0 saturated heterocycles. The van der Waals surface area contributed by atoms with Crippen LogP contribution in [0.3, 0.4) is 0 Å². The second kappa shape index (κ2) is 8.57. The SMILES string of the molecule is CCc1cccc(OCC(=O)NNC(=O)c2cc(Cl)ccc2Cl)c1. The summed E-state index contributed by atoms with van der Waals surface area (Å²) < 4.78 is 5.38. The molecule has 0 heterocycles. The molecule has 2 N–H and O–H groups in total. The van der Waals surface area contributed by atoms with Gasteiger partial charge in [0.1, 0.15) is 5.75 Å². The van der Waals surface area contributed by atoms with E-state index in [-0.39, 0.29) is 17.2 Å². The first-order chi connectivity index (χ1) is 11.5. The van der Waals surface area contributed by atoms with Gasteiger partial charge in [-0.15, -0.1) is 0 Å². The maximum absolute atomic E-state index is 12.0. The molecule has 2 aromatic carbocycles. The van der Waals surface area contributed by atoms with Gasteiger partial charge in [-0.3, -0.25) is 20.4 Å². The van der Waals surface area contributed by atoms with Crippen molar-refractivity contribution < 1.29 is 14.3 Å². The summed E-state index contributed by atoms with van der Waals surface area (Å²) in [5.41, 5.74) is 5.80. The summed E-state index contributed by atoms with van der Waals surface area (Å²) in [6.45, 7) is 1.80. The highest BCUT2D eigenvalue weighted by Crippen LogP contribution is 2.20. The number of hydrogen-bond acceptors (Lipinski definition) is 3. The van der Waals surface area contributed by atoms with Crippen LogP contribution in [0.1, 0.15) is 22.8 Å². The van der Waals surface area contributed by atoms with Crippen LogP contribution in [-0.4, -0.2) is 18.4 Å². The van der Waals surface area contributed by atoms with Crippen LogP contribution in [0.5, 0.6) is 5.75 Å². The molecule has 0 aliphatic rings. The Bertz CT molecular complexity index is 750. The third-order valence-corrected chi connectivity index (χ3v) is 3.73. The quantitative estimate of drug-likeness (QED) is 0.796. The summed E-state index contributed by atoms with van der Waals surface area (Å²) in [5, 5.41) is 0.605. The number of carbonyl (C=O) groups excluding carboxylic acids is 2. The van der Waals surface area contributed by atoms with Crippen molar-refractivity contribution in [3.05, 3.63) is 63.6 Å². The summed E-state index contributed by atoms with van der Waals surface area (Å²) in [7, 11) is 0. The van der Waals surface area contributed by atoms with Crippen LogP contribution in [0.2, 0.25) is 10.0 Å². The fourth-order valence-electron chi connectivity index (χ4n) is 1.91. The van der Waals surface area contributed by atoms with Crippen molar-refractivity contribution in [2.45, 2.75) is 13.3 Å². The molecule has 2 amide bonds. The predicted octanol–water partition coefficient (Wildman–Crippen LogP) is 3.40. The predicted molar refractivity (Wildman–Crippen MR) is 93.4 cm³/mol. The number of benzene rings is 2. The van der Waals surface area contributed by atoms with Gasteiger partial charge in [-0.2, -0.15) is 0 Å². The van der Waals surface area contributed by atoms with Crippen LogP contribution in [0.15, 0.2) is 42.5 Å². The number of aryl methyl sites for hydroxylation is 1. The minimum atomic E-state index is -0.566. The van der Waals surface area contributed by atoms with Gasteiger partial charge in [-0.1, -0.05) is 42.3 Å². The minimum absolute atomic E-state index is 0.168. The first kappa shape index (κ1) is 18.1. The van der Waals surface area contributed by atoms with E-state index in [9.17, 15) is 9.59 Å². The molecule has 0 aliphatic heterocycles. The van der Waals surface area contributed by atoms with Crippen molar-refractivity contribution in [1.82, 2.24) is 10.9 Å². The molecule has 0 bridgehead atoms. The molecule has 0 aromatic heterocycles. The summed E-state index contributed by atoms with van der Waals surface area (Å²) in [6, 6.07) is 11.9. The average molecular weight is 367 g/mol. The molecular weight excluding hydrogens is 351 g/mol. The lowest BCUT2D eigenvalue weighted by Gasteiger charge is -2.10. The smallest absolute Gasteiger partial charge is 0.276 e. The van der Waals surface area contributed by atoms with Gasteiger partial charge < -0.3 is 4.74 Å². The number of amides is 2. The first-order valence-corrected chi connectivity index (χ1v) is 8.01. The van der Waals surface area contributed by atoms with Gasteiger partial charge in [0.2, 0.25) is 0 Å². The molecule has 0 unspecified atom stereocenters. The summed E-state index contributed by atoms with van der Waals surface area (Å²) in [5.74, 6) is -0.471. The molecule has 2 rings (SSSR count). The summed E-state index contributed by atoms with van der Waals surface area (Å²) in [6.07, 6.45) is 0.875. The van der Waals surface area contributed by atoms with Gasteiger partial charge in [0.05, 0.1) is 10.6 Å². The Balaban J connectivity index is 1.84. The molecule has 7 heteroatoms. The molecule has 0 aliphatic carbocycles. The van der Waals surface area contributed by atoms with Crippen LogP contribution in [0.4, 0.5) is 0 Å². The highest BCUT2D eigenvalue weighted by atomic mass is 35.5. The Morgan fingerprint density at radius 3 is 2.62 bits per heavy atom. The van der Waals surface area contributed by atoms with Crippen LogP contribution >= 0.6 is 23.2 Å². The lowest BCUT2D eigenvalue weighted by Crippen LogP contribution is -2.43. The number of hydrazine groups is 1. The normalized spacial score (nSPS) is 10.1. The van der Waals surface area contributed by atoms with E-state index in [1.165, 1.54) is 12.1 Å². The van der Waals surface area contributed by atoms with Crippen LogP contribution in [0.25, 0.3) is 0 Å². The first-order valence-electron chi connectivity index (χ1n) is 7.25. The molecule has 24 heavy (non-hydrogen) atoms. The standard InChI is InChI=1S/C17H16Cl2N2O3/c1-2-11-4-3-5-13(8-11)24-10-16(22)20-21-17(23)14-9-12(18)6-7-15(14)19/h3-9H,2,10H2,1H3,(H,20,22)(H,21,23). The maximum Gasteiger partial charge on any atom is 0.276 e. The topological polar surface area (TPSA) is 67.4 Å². The van der Waals surface area contributed by atoms with Crippen molar-refractivity contribution in [1.29, 1.82) is 0 Å².